The van der Waals surface area contributed by atoms with E-state index in [1.165, 1.54) is 0 Å². The fourth-order valence-corrected chi connectivity index (χ4v) is 2.41. The number of rotatable bonds is 3. The highest BCUT2D eigenvalue weighted by Crippen LogP contribution is 2.24. The summed E-state index contributed by atoms with van der Waals surface area (Å²) < 4.78 is 1.94. The standard InChI is InChI=1S/C13H19N5/c1-8(2)18-13-9(6-16-18)3-12(7-15-13)17-11-4-10(14)5-11/h3,6-8,10-11,17H,4-5,14H2,1-2H3. The van der Waals surface area contributed by atoms with Gasteiger partial charge in [-0.2, -0.15) is 5.10 Å². The van der Waals surface area contributed by atoms with Crippen molar-refractivity contribution in [3.05, 3.63) is 18.5 Å². The molecule has 2 aromatic heterocycles. The molecule has 3 N–H and O–H groups in total. The molecule has 0 radical (unpaired) electrons. The minimum atomic E-state index is 0.332. The van der Waals surface area contributed by atoms with E-state index in [9.17, 15) is 0 Å². The quantitative estimate of drug-likeness (QED) is 0.866. The Hall–Kier alpha value is -1.62. The smallest absolute Gasteiger partial charge is 0.158 e. The zero-order valence-corrected chi connectivity index (χ0v) is 10.8. The number of aromatic nitrogens is 3. The third-order valence-corrected chi connectivity index (χ3v) is 3.47. The molecule has 1 aliphatic rings. The second-order valence-corrected chi connectivity index (χ2v) is 5.39. The van der Waals surface area contributed by atoms with Crippen molar-refractivity contribution in [2.75, 3.05) is 5.32 Å². The molecule has 0 saturated heterocycles. The van der Waals surface area contributed by atoms with E-state index in [0.717, 1.165) is 29.6 Å². The molecular formula is C13H19N5. The van der Waals surface area contributed by atoms with Crippen LogP contribution in [-0.2, 0) is 0 Å². The number of anilines is 1. The topological polar surface area (TPSA) is 68.8 Å². The third-order valence-electron chi connectivity index (χ3n) is 3.47. The summed E-state index contributed by atoms with van der Waals surface area (Å²) in [6.07, 6.45) is 5.85. The molecule has 1 aliphatic carbocycles. The molecule has 1 saturated carbocycles. The van der Waals surface area contributed by atoms with Gasteiger partial charge in [0.05, 0.1) is 18.1 Å². The van der Waals surface area contributed by atoms with Crippen LogP contribution in [0.25, 0.3) is 11.0 Å². The first-order chi connectivity index (χ1) is 8.63. The van der Waals surface area contributed by atoms with Crippen LogP contribution in [0.2, 0.25) is 0 Å². The lowest BCUT2D eigenvalue weighted by molar-refractivity contribution is 0.373. The summed E-state index contributed by atoms with van der Waals surface area (Å²) in [5, 5.41) is 8.91. The molecule has 1 fully saturated rings. The number of pyridine rings is 1. The van der Waals surface area contributed by atoms with E-state index in [-0.39, 0.29) is 0 Å². The van der Waals surface area contributed by atoms with Crippen LogP contribution in [0.4, 0.5) is 5.69 Å². The summed E-state index contributed by atoms with van der Waals surface area (Å²) in [7, 11) is 0. The van der Waals surface area contributed by atoms with Crippen molar-refractivity contribution in [1.82, 2.24) is 14.8 Å². The number of hydrogen-bond donors (Lipinski definition) is 2. The van der Waals surface area contributed by atoms with E-state index in [0.29, 0.717) is 18.1 Å². The van der Waals surface area contributed by atoms with Gasteiger partial charge in [0, 0.05) is 23.5 Å². The summed E-state index contributed by atoms with van der Waals surface area (Å²) >= 11 is 0. The minimum Gasteiger partial charge on any atom is -0.381 e. The zero-order valence-electron chi connectivity index (χ0n) is 10.8. The van der Waals surface area contributed by atoms with Gasteiger partial charge in [-0.3, -0.25) is 0 Å². The fourth-order valence-electron chi connectivity index (χ4n) is 2.41. The molecule has 0 aliphatic heterocycles. The molecule has 2 heterocycles. The maximum atomic E-state index is 5.78. The van der Waals surface area contributed by atoms with Crippen LogP contribution >= 0.6 is 0 Å². The first-order valence-corrected chi connectivity index (χ1v) is 6.49. The van der Waals surface area contributed by atoms with E-state index in [2.05, 4.69) is 35.3 Å². The van der Waals surface area contributed by atoms with Gasteiger partial charge in [0.15, 0.2) is 5.65 Å². The SMILES string of the molecule is CC(C)n1ncc2cc(NC3CC(N)C3)cnc21. The van der Waals surface area contributed by atoms with Gasteiger partial charge in [0.2, 0.25) is 0 Å². The number of nitrogens with one attached hydrogen (secondary N) is 1. The van der Waals surface area contributed by atoms with Crippen molar-refractivity contribution in [2.24, 2.45) is 5.73 Å². The highest BCUT2D eigenvalue weighted by Gasteiger charge is 2.25. The van der Waals surface area contributed by atoms with Gasteiger partial charge in [-0.25, -0.2) is 9.67 Å². The van der Waals surface area contributed by atoms with Gasteiger partial charge in [-0.05, 0) is 32.8 Å². The average Bonchev–Trinajstić information content (AvgIpc) is 2.70. The summed E-state index contributed by atoms with van der Waals surface area (Å²) in [4.78, 5) is 4.50. The van der Waals surface area contributed by atoms with Crippen LogP contribution in [0.1, 0.15) is 32.7 Å². The van der Waals surface area contributed by atoms with Gasteiger partial charge in [-0.15, -0.1) is 0 Å². The third kappa shape index (κ3) is 1.95. The van der Waals surface area contributed by atoms with Crippen LogP contribution in [0, 0.1) is 0 Å². The minimum absolute atomic E-state index is 0.332. The van der Waals surface area contributed by atoms with Crippen LogP contribution in [-0.4, -0.2) is 26.8 Å². The maximum absolute atomic E-state index is 5.78. The number of nitrogens with two attached hydrogens (primary N) is 1. The molecule has 0 amide bonds. The first-order valence-electron chi connectivity index (χ1n) is 6.49. The van der Waals surface area contributed by atoms with E-state index in [1.54, 1.807) is 0 Å². The normalized spacial score (nSPS) is 23.3. The maximum Gasteiger partial charge on any atom is 0.158 e. The van der Waals surface area contributed by atoms with Gasteiger partial charge in [-0.1, -0.05) is 0 Å². The van der Waals surface area contributed by atoms with Gasteiger partial charge in [0.25, 0.3) is 0 Å². The Morgan fingerprint density at radius 1 is 1.39 bits per heavy atom. The predicted molar refractivity (Wildman–Crippen MR) is 72.5 cm³/mol. The molecule has 0 aromatic carbocycles. The van der Waals surface area contributed by atoms with Crippen LogP contribution in [0.15, 0.2) is 18.5 Å². The van der Waals surface area contributed by atoms with Gasteiger partial charge < -0.3 is 11.1 Å². The van der Waals surface area contributed by atoms with Crippen molar-refractivity contribution in [3.63, 3.8) is 0 Å². The predicted octanol–water partition coefficient (Wildman–Crippen LogP) is 1.91. The molecule has 3 rings (SSSR count). The van der Waals surface area contributed by atoms with Crippen LogP contribution < -0.4 is 11.1 Å². The zero-order chi connectivity index (χ0) is 12.7. The number of hydrogen-bond acceptors (Lipinski definition) is 4. The lowest BCUT2D eigenvalue weighted by atomic mass is 9.87. The Bertz CT molecular complexity index is 554. The molecule has 0 atom stereocenters. The number of nitrogens with zero attached hydrogens (tertiary/aromatic N) is 3. The van der Waals surface area contributed by atoms with E-state index in [1.807, 2.05) is 17.1 Å². The lowest BCUT2D eigenvalue weighted by Gasteiger charge is -2.33. The Morgan fingerprint density at radius 3 is 2.83 bits per heavy atom. The van der Waals surface area contributed by atoms with Crippen LogP contribution in [0.5, 0.6) is 0 Å². The number of fused-ring (bicyclic) bond motifs is 1. The van der Waals surface area contributed by atoms with E-state index < -0.39 is 0 Å². The molecule has 5 nitrogen and oxygen atoms in total. The van der Waals surface area contributed by atoms with E-state index in [4.69, 9.17) is 5.73 Å². The molecular weight excluding hydrogens is 226 g/mol. The molecule has 96 valence electrons. The Kier molecular flexibility index (Phi) is 2.70. The Balaban J connectivity index is 1.83. The summed E-state index contributed by atoms with van der Waals surface area (Å²) in [5.41, 5.74) is 7.78. The summed E-state index contributed by atoms with van der Waals surface area (Å²) in [6.45, 7) is 4.21. The second kappa shape index (κ2) is 4.24. The van der Waals surface area contributed by atoms with E-state index >= 15 is 0 Å². The highest BCUT2D eigenvalue weighted by molar-refractivity contribution is 5.78. The summed E-state index contributed by atoms with van der Waals surface area (Å²) in [6, 6.07) is 3.30. The summed E-state index contributed by atoms with van der Waals surface area (Å²) in [5.74, 6) is 0. The van der Waals surface area contributed by atoms with Crippen molar-refractivity contribution in [1.29, 1.82) is 0 Å². The molecule has 2 aromatic rings. The Labute approximate surface area is 106 Å². The molecule has 0 unspecified atom stereocenters. The molecule has 0 spiro atoms. The van der Waals surface area contributed by atoms with Crippen LogP contribution in [0.3, 0.4) is 0 Å². The fraction of sp³-hybridized carbons (Fsp3) is 0.538. The Morgan fingerprint density at radius 2 is 2.17 bits per heavy atom. The van der Waals surface area contributed by atoms with Gasteiger partial charge >= 0.3 is 0 Å². The lowest BCUT2D eigenvalue weighted by Crippen LogP contribution is -2.44. The van der Waals surface area contributed by atoms with Crippen molar-refractivity contribution in [2.45, 2.75) is 44.8 Å². The average molecular weight is 245 g/mol. The monoisotopic (exact) mass is 245 g/mol. The molecule has 0 bridgehead atoms. The van der Waals surface area contributed by atoms with Crippen molar-refractivity contribution >= 4 is 16.7 Å². The van der Waals surface area contributed by atoms with Crippen molar-refractivity contribution < 1.29 is 0 Å². The highest BCUT2D eigenvalue weighted by atomic mass is 15.3. The molecule has 18 heavy (non-hydrogen) atoms. The van der Waals surface area contributed by atoms with Gasteiger partial charge in [0.1, 0.15) is 0 Å². The second-order valence-electron chi connectivity index (χ2n) is 5.39. The molecule has 5 heteroatoms. The first kappa shape index (κ1) is 11.5. The van der Waals surface area contributed by atoms with Crippen molar-refractivity contribution in [3.8, 4) is 0 Å². The largest absolute Gasteiger partial charge is 0.381 e.